The predicted octanol–water partition coefficient (Wildman–Crippen LogP) is 3.57. The van der Waals surface area contributed by atoms with Gasteiger partial charge in [-0.3, -0.25) is 0 Å². The third kappa shape index (κ3) is 2.67. The zero-order valence-electron chi connectivity index (χ0n) is 8.13. The normalized spacial score (nSPS) is 9.36. The van der Waals surface area contributed by atoms with Gasteiger partial charge in [-0.2, -0.15) is 0 Å². The Morgan fingerprint density at radius 3 is 2.29 bits per heavy atom. The molecule has 0 heterocycles. The highest BCUT2D eigenvalue weighted by Gasteiger charge is 1.95. The summed E-state index contributed by atoms with van der Waals surface area (Å²) in [4.78, 5) is 0. The Bertz CT molecular complexity index is 393. The Balaban J connectivity index is 0.000000293. The maximum Gasteiger partial charge on any atom is 0.131 e. The van der Waals surface area contributed by atoms with Crippen molar-refractivity contribution in [2.45, 2.75) is 13.0 Å². The maximum atomic E-state index is 13.0. The van der Waals surface area contributed by atoms with E-state index in [1.165, 1.54) is 6.07 Å². The highest BCUT2D eigenvalue weighted by molar-refractivity contribution is 6.08. The molecule has 0 saturated carbocycles. The summed E-state index contributed by atoms with van der Waals surface area (Å²) in [6, 6.07) is 13.6. The molecule has 2 aromatic rings. The van der Waals surface area contributed by atoms with Gasteiger partial charge >= 0.3 is 0 Å². The summed E-state index contributed by atoms with van der Waals surface area (Å²) in [7, 11) is 3.18. The Morgan fingerprint density at radius 2 is 1.64 bits per heavy atom. The lowest BCUT2D eigenvalue weighted by Crippen LogP contribution is -1.76. The molecule has 71 valence electrons. The van der Waals surface area contributed by atoms with Gasteiger partial charge in [0.05, 0.1) is 0 Å². The molecule has 0 amide bonds. The average Bonchev–Trinajstić information content (AvgIpc) is 2.20. The lowest BCUT2D eigenvalue weighted by molar-refractivity contribution is 0.640. The molecule has 2 aromatic carbocycles. The second-order valence-electron chi connectivity index (χ2n) is 2.81. The number of benzene rings is 2. The van der Waals surface area contributed by atoms with Crippen LogP contribution in [0.2, 0.25) is 6.04 Å². The second-order valence-corrected chi connectivity index (χ2v) is 3.52. The van der Waals surface area contributed by atoms with Crippen LogP contribution in [0, 0.1) is 5.82 Å². The molecular formula is C12H12FSi. The number of halogens is 1. The third-order valence-corrected chi connectivity index (χ3v) is 1.74. The van der Waals surface area contributed by atoms with E-state index in [0.717, 1.165) is 11.4 Å². The van der Waals surface area contributed by atoms with Crippen molar-refractivity contribution in [3.63, 3.8) is 0 Å². The van der Waals surface area contributed by atoms with E-state index in [9.17, 15) is 4.39 Å². The van der Waals surface area contributed by atoms with Gasteiger partial charge in [0.2, 0.25) is 0 Å². The molecule has 2 rings (SSSR count). The number of hydrogen-bond donors (Lipinski definition) is 0. The molecule has 0 unspecified atom stereocenters. The van der Waals surface area contributed by atoms with Crippen molar-refractivity contribution in [3.8, 4) is 0 Å². The van der Waals surface area contributed by atoms with Gasteiger partial charge in [-0.15, -0.1) is 0 Å². The van der Waals surface area contributed by atoms with Gasteiger partial charge in [0.1, 0.15) is 5.82 Å². The molecule has 14 heavy (non-hydrogen) atoms. The van der Waals surface area contributed by atoms with Crippen molar-refractivity contribution in [2.24, 2.45) is 0 Å². The Hall–Kier alpha value is -1.15. The van der Waals surface area contributed by atoms with E-state index >= 15 is 0 Å². The van der Waals surface area contributed by atoms with Crippen LogP contribution in [0.5, 0.6) is 0 Å². The first kappa shape index (κ1) is 10.9. The Morgan fingerprint density at radius 1 is 1.07 bits per heavy atom. The van der Waals surface area contributed by atoms with E-state index in [1.807, 2.05) is 31.2 Å². The fraction of sp³-hybridized carbons (Fsp3) is 0.167. The van der Waals surface area contributed by atoms with E-state index in [0.29, 0.717) is 5.39 Å². The molecule has 0 fully saturated rings. The summed E-state index contributed by atoms with van der Waals surface area (Å²) in [5.74, 6) is -0.150. The Labute approximate surface area is 87.2 Å². The molecule has 0 aromatic heterocycles. The standard InChI is InChI=1S/C10H7F.C2H5Si/c11-10-7-3-5-8-4-1-2-6-9(8)10;1-2-3/h1-7H;2H2,1H3. The van der Waals surface area contributed by atoms with Crippen LogP contribution in [0.3, 0.4) is 0 Å². The highest BCUT2D eigenvalue weighted by atomic mass is 28.1. The lowest BCUT2D eigenvalue weighted by atomic mass is 10.1. The monoisotopic (exact) mass is 203 g/mol. The SMILES string of the molecule is CC[Si].Fc1cccc2ccccc12. The van der Waals surface area contributed by atoms with Gasteiger partial charge in [-0.25, -0.2) is 4.39 Å². The molecule has 0 aliphatic carbocycles. The van der Waals surface area contributed by atoms with Crippen molar-refractivity contribution in [3.05, 3.63) is 48.3 Å². The minimum Gasteiger partial charge on any atom is -0.206 e. The van der Waals surface area contributed by atoms with Crippen LogP contribution < -0.4 is 0 Å². The lowest BCUT2D eigenvalue weighted by Gasteiger charge is -1.95. The maximum absolute atomic E-state index is 13.0. The first-order valence-corrected chi connectivity index (χ1v) is 5.28. The molecule has 0 nitrogen and oxygen atoms in total. The van der Waals surface area contributed by atoms with E-state index in [1.54, 1.807) is 12.1 Å². The van der Waals surface area contributed by atoms with Crippen LogP contribution in [-0.4, -0.2) is 10.2 Å². The fourth-order valence-electron chi connectivity index (χ4n) is 1.19. The quantitative estimate of drug-likeness (QED) is 0.574. The molecule has 0 atom stereocenters. The molecule has 0 N–H and O–H groups in total. The van der Waals surface area contributed by atoms with Crippen LogP contribution in [0.25, 0.3) is 10.8 Å². The van der Waals surface area contributed by atoms with E-state index < -0.39 is 0 Å². The van der Waals surface area contributed by atoms with Crippen LogP contribution in [0.1, 0.15) is 6.92 Å². The summed E-state index contributed by atoms with van der Waals surface area (Å²) in [6.07, 6.45) is 0. The first-order chi connectivity index (χ1) is 6.79. The molecule has 0 saturated heterocycles. The Kier molecular flexibility index (Phi) is 4.33. The molecule has 0 bridgehead atoms. The summed E-state index contributed by atoms with van der Waals surface area (Å²) in [6.45, 7) is 2.04. The minimum absolute atomic E-state index is 0.150. The second kappa shape index (κ2) is 5.55. The van der Waals surface area contributed by atoms with Gasteiger partial charge in [-0.1, -0.05) is 49.4 Å². The zero-order valence-corrected chi connectivity index (χ0v) is 9.13. The summed E-state index contributed by atoms with van der Waals surface area (Å²) in [5, 5.41) is 1.64. The molecule has 0 spiro atoms. The number of fused-ring (bicyclic) bond motifs is 1. The average molecular weight is 203 g/mol. The van der Waals surface area contributed by atoms with E-state index in [-0.39, 0.29) is 5.82 Å². The van der Waals surface area contributed by atoms with Crippen molar-refractivity contribution >= 4 is 21.0 Å². The zero-order chi connectivity index (χ0) is 10.4. The largest absolute Gasteiger partial charge is 0.206 e. The van der Waals surface area contributed by atoms with Crippen LogP contribution in [0.4, 0.5) is 4.39 Å². The van der Waals surface area contributed by atoms with Crippen molar-refractivity contribution in [1.82, 2.24) is 0 Å². The van der Waals surface area contributed by atoms with E-state index in [2.05, 4.69) is 10.2 Å². The molecular weight excluding hydrogens is 191 g/mol. The molecule has 2 heteroatoms. The summed E-state index contributed by atoms with van der Waals surface area (Å²) in [5.41, 5.74) is 0. The van der Waals surface area contributed by atoms with Crippen molar-refractivity contribution in [2.75, 3.05) is 0 Å². The van der Waals surface area contributed by atoms with Gasteiger partial charge in [0.15, 0.2) is 0 Å². The first-order valence-electron chi connectivity index (χ1n) is 4.57. The predicted molar refractivity (Wildman–Crippen MR) is 60.1 cm³/mol. The third-order valence-electron chi connectivity index (χ3n) is 1.74. The van der Waals surface area contributed by atoms with Crippen LogP contribution in [0.15, 0.2) is 42.5 Å². The van der Waals surface area contributed by atoms with Gasteiger partial charge in [0, 0.05) is 15.6 Å². The minimum atomic E-state index is -0.150. The summed E-state index contributed by atoms with van der Waals surface area (Å²) >= 11 is 0. The van der Waals surface area contributed by atoms with Crippen LogP contribution >= 0.6 is 0 Å². The number of rotatable bonds is 0. The smallest absolute Gasteiger partial charge is 0.131 e. The number of hydrogen-bond acceptors (Lipinski definition) is 0. The van der Waals surface area contributed by atoms with Crippen molar-refractivity contribution in [1.29, 1.82) is 0 Å². The topological polar surface area (TPSA) is 0 Å². The van der Waals surface area contributed by atoms with Crippen LogP contribution in [-0.2, 0) is 0 Å². The molecule has 0 aliphatic rings. The highest BCUT2D eigenvalue weighted by Crippen LogP contribution is 2.15. The van der Waals surface area contributed by atoms with Gasteiger partial charge in [0.25, 0.3) is 0 Å². The molecule has 0 aliphatic heterocycles. The van der Waals surface area contributed by atoms with Gasteiger partial charge in [-0.05, 0) is 11.5 Å². The van der Waals surface area contributed by atoms with Gasteiger partial charge < -0.3 is 0 Å². The van der Waals surface area contributed by atoms with E-state index in [4.69, 9.17) is 0 Å². The van der Waals surface area contributed by atoms with Crippen molar-refractivity contribution < 1.29 is 4.39 Å². The fourth-order valence-corrected chi connectivity index (χ4v) is 1.19. The summed E-state index contributed by atoms with van der Waals surface area (Å²) < 4.78 is 13.0. The molecule has 3 radical (unpaired) electrons.